The van der Waals surface area contributed by atoms with E-state index in [0.29, 0.717) is 6.07 Å². The lowest BCUT2D eigenvalue weighted by Gasteiger charge is -2.10. The molecule has 0 amide bonds. The second-order valence-electron chi connectivity index (χ2n) is 3.67. The van der Waals surface area contributed by atoms with Crippen LogP contribution < -0.4 is 0 Å². The largest absolute Gasteiger partial charge is 0.294 e. The topological polar surface area (TPSA) is 29.4 Å². The highest BCUT2D eigenvalue weighted by molar-refractivity contribution is 6.07. The van der Waals surface area contributed by atoms with Gasteiger partial charge in [-0.2, -0.15) is 0 Å². The molecule has 5 heteroatoms. The van der Waals surface area contributed by atoms with Crippen LogP contribution >= 0.6 is 0 Å². The van der Waals surface area contributed by atoms with E-state index in [1.165, 1.54) is 13.1 Å². The van der Waals surface area contributed by atoms with Crippen LogP contribution in [-0.2, 0) is 4.79 Å². The van der Waals surface area contributed by atoms with Crippen molar-refractivity contribution in [1.82, 2.24) is 0 Å². The van der Waals surface area contributed by atoms with E-state index in [2.05, 4.69) is 4.99 Å². The summed E-state index contributed by atoms with van der Waals surface area (Å²) in [6, 6.07) is 0.586. The molecule has 88 valence electrons. The maximum Gasteiger partial charge on any atom is 0.163 e. The van der Waals surface area contributed by atoms with Crippen LogP contribution in [0, 0.1) is 24.4 Å². The number of hydrogen-bond acceptors (Lipinski definition) is 2. The molecule has 1 aromatic carbocycles. The zero-order valence-corrected chi connectivity index (χ0v) is 8.93. The molecular weight excluding hydrogens is 231 g/mol. The van der Waals surface area contributed by atoms with Crippen molar-refractivity contribution in [1.29, 1.82) is 0 Å². The monoisotopic (exact) mass is 239 g/mol. The molecule has 0 spiro atoms. The van der Waals surface area contributed by atoms with Crippen LogP contribution in [0.25, 0.3) is 5.70 Å². The summed E-state index contributed by atoms with van der Waals surface area (Å²) < 4.78 is 40.3. The summed E-state index contributed by atoms with van der Waals surface area (Å²) in [5.74, 6) is -3.35. The number of carbonyl (C=O) groups is 1. The van der Waals surface area contributed by atoms with Gasteiger partial charge in [-0.15, -0.1) is 0 Å². The minimum Gasteiger partial charge on any atom is -0.294 e. The number of ketones is 1. The Morgan fingerprint density at radius 1 is 1.24 bits per heavy atom. The van der Waals surface area contributed by atoms with Gasteiger partial charge < -0.3 is 0 Å². The minimum atomic E-state index is -1.07. The first kappa shape index (κ1) is 11.6. The number of hydrogen-bond donors (Lipinski definition) is 0. The third-order valence-corrected chi connectivity index (χ3v) is 2.48. The van der Waals surface area contributed by atoms with Crippen LogP contribution in [-0.4, -0.2) is 12.0 Å². The Bertz CT molecular complexity index is 561. The van der Waals surface area contributed by atoms with Crippen molar-refractivity contribution in [2.75, 3.05) is 0 Å². The second kappa shape index (κ2) is 4.16. The van der Waals surface area contributed by atoms with Crippen LogP contribution in [0.1, 0.15) is 17.5 Å². The number of benzene rings is 1. The summed E-state index contributed by atoms with van der Waals surface area (Å²) in [6.45, 7) is 1.20. The van der Waals surface area contributed by atoms with E-state index in [4.69, 9.17) is 0 Å². The Balaban J connectivity index is 2.64. The molecule has 0 N–H and O–H groups in total. The lowest BCUT2D eigenvalue weighted by Crippen LogP contribution is -2.05. The average molecular weight is 239 g/mol. The third kappa shape index (κ3) is 2.00. The summed E-state index contributed by atoms with van der Waals surface area (Å²) in [6.07, 6.45) is 2.43. The van der Waals surface area contributed by atoms with Crippen LogP contribution in [0.3, 0.4) is 0 Å². The Hall–Kier alpha value is -1.91. The van der Waals surface area contributed by atoms with Crippen LogP contribution in [0.5, 0.6) is 0 Å². The summed E-state index contributed by atoms with van der Waals surface area (Å²) in [5.41, 5.74) is -0.872. The molecule has 2 nitrogen and oxygen atoms in total. The van der Waals surface area contributed by atoms with Crippen LogP contribution in [0.15, 0.2) is 17.1 Å². The molecule has 0 bridgehead atoms. The molecule has 0 atom stereocenters. The minimum absolute atomic E-state index is 0.104. The Morgan fingerprint density at radius 2 is 1.94 bits per heavy atom. The van der Waals surface area contributed by atoms with E-state index in [1.807, 2.05) is 0 Å². The maximum atomic E-state index is 13.7. The first-order valence-corrected chi connectivity index (χ1v) is 4.92. The molecule has 1 aliphatic heterocycles. The molecule has 17 heavy (non-hydrogen) atoms. The highest BCUT2D eigenvalue weighted by Crippen LogP contribution is 2.28. The molecule has 0 fully saturated rings. The van der Waals surface area contributed by atoms with Crippen LogP contribution in [0.4, 0.5) is 13.2 Å². The summed E-state index contributed by atoms with van der Waals surface area (Å²) >= 11 is 0. The highest BCUT2D eigenvalue weighted by atomic mass is 19.1. The summed E-state index contributed by atoms with van der Waals surface area (Å²) in [5, 5.41) is 0. The molecule has 2 rings (SSSR count). The molecule has 0 unspecified atom stereocenters. The lowest BCUT2D eigenvalue weighted by atomic mass is 10.0. The zero-order valence-electron chi connectivity index (χ0n) is 8.93. The number of allylic oxidation sites excluding steroid dienone is 1. The SMILES string of the molecule is Cc1c(F)cc(F)c(C2=CC(=O)CC=N2)c1F. The van der Waals surface area contributed by atoms with Gasteiger partial charge in [0.25, 0.3) is 0 Å². The Morgan fingerprint density at radius 3 is 2.59 bits per heavy atom. The fourth-order valence-corrected chi connectivity index (χ4v) is 1.54. The van der Waals surface area contributed by atoms with E-state index in [0.717, 1.165) is 6.08 Å². The average Bonchev–Trinajstić information content (AvgIpc) is 2.26. The summed E-state index contributed by atoms with van der Waals surface area (Å²) in [4.78, 5) is 14.9. The normalized spacial score (nSPS) is 15.1. The number of rotatable bonds is 1. The predicted molar refractivity (Wildman–Crippen MR) is 57.1 cm³/mol. The van der Waals surface area contributed by atoms with E-state index >= 15 is 0 Å². The fourth-order valence-electron chi connectivity index (χ4n) is 1.54. The highest BCUT2D eigenvalue weighted by Gasteiger charge is 2.20. The van der Waals surface area contributed by atoms with Gasteiger partial charge in [0.1, 0.15) is 17.5 Å². The van der Waals surface area contributed by atoms with Gasteiger partial charge in [0.05, 0.1) is 11.3 Å². The van der Waals surface area contributed by atoms with Gasteiger partial charge in [-0.05, 0) is 6.92 Å². The van der Waals surface area contributed by atoms with Crippen LogP contribution in [0.2, 0.25) is 0 Å². The second-order valence-corrected chi connectivity index (χ2v) is 3.67. The standard InChI is InChI=1S/C12H8F3NO/c1-6-8(13)5-9(14)11(12(6)15)10-4-7(17)2-3-16-10/h3-5H,2H2,1H3. The van der Waals surface area contributed by atoms with Gasteiger partial charge in [0.2, 0.25) is 0 Å². The molecule has 0 saturated heterocycles. The van der Waals surface area contributed by atoms with Crippen molar-refractivity contribution in [2.45, 2.75) is 13.3 Å². The lowest BCUT2D eigenvalue weighted by molar-refractivity contribution is -0.113. The molecule has 1 heterocycles. The zero-order chi connectivity index (χ0) is 12.6. The Labute approximate surface area is 95.5 Å². The van der Waals surface area contributed by atoms with Gasteiger partial charge in [-0.25, -0.2) is 13.2 Å². The van der Waals surface area contributed by atoms with E-state index in [-0.39, 0.29) is 23.5 Å². The van der Waals surface area contributed by atoms with Crippen molar-refractivity contribution in [3.05, 3.63) is 40.7 Å². The number of nitrogens with zero attached hydrogens (tertiary/aromatic N) is 1. The van der Waals surface area contributed by atoms with Crippen molar-refractivity contribution in [3.8, 4) is 0 Å². The molecule has 0 saturated carbocycles. The van der Waals surface area contributed by atoms with E-state index in [1.54, 1.807) is 0 Å². The quantitative estimate of drug-likeness (QED) is 0.740. The molecule has 0 aromatic heterocycles. The van der Waals surface area contributed by atoms with Gasteiger partial charge in [-0.3, -0.25) is 9.79 Å². The number of aliphatic imine (C=N–C) groups is 1. The third-order valence-electron chi connectivity index (χ3n) is 2.48. The van der Waals surface area contributed by atoms with Gasteiger partial charge in [-0.1, -0.05) is 0 Å². The van der Waals surface area contributed by atoms with E-state index in [9.17, 15) is 18.0 Å². The molecule has 1 aromatic rings. The first-order valence-electron chi connectivity index (χ1n) is 4.92. The van der Waals surface area contributed by atoms with Crippen molar-refractivity contribution < 1.29 is 18.0 Å². The van der Waals surface area contributed by atoms with Gasteiger partial charge in [0.15, 0.2) is 5.78 Å². The number of halogens is 3. The van der Waals surface area contributed by atoms with E-state index < -0.39 is 23.0 Å². The first-order chi connectivity index (χ1) is 8.00. The van der Waals surface area contributed by atoms with Crippen molar-refractivity contribution >= 4 is 17.7 Å². The molecule has 0 aliphatic carbocycles. The molecular formula is C12H8F3NO. The Kier molecular flexibility index (Phi) is 2.83. The molecule has 0 radical (unpaired) electrons. The number of carbonyl (C=O) groups excluding carboxylic acids is 1. The predicted octanol–water partition coefficient (Wildman–Crippen LogP) is 2.80. The van der Waals surface area contributed by atoms with Gasteiger partial charge in [0, 0.05) is 30.3 Å². The fraction of sp³-hybridized carbons (Fsp3) is 0.167. The van der Waals surface area contributed by atoms with Crippen molar-refractivity contribution in [3.63, 3.8) is 0 Å². The molecule has 1 aliphatic rings. The van der Waals surface area contributed by atoms with Crippen molar-refractivity contribution in [2.24, 2.45) is 4.99 Å². The van der Waals surface area contributed by atoms with Gasteiger partial charge >= 0.3 is 0 Å². The smallest absolute Gasteiger partial charge is 0.163 e. The summed E-state index contributed by atoms with van der Waals surface area (Å²) in [7, 11) is 0. The maximum absolute atomic E-state index is 13.7.